The molecule has 0 aromatic carbocycles. The number of ether oxygens (including phenoxy) is 1. The smallest absolute Gasteiger partial charge is 0.255 e. The zero-order valence-electron chi connectivity index (χ0n) is 11.1. The van der Waals surface area contributed by atoms with Crippen molar-refractivity contribution < 1.29 is 9.13 Å². The first-order chi connectivity index (χ1) is 8.61. The zero-order chi connectivity index (χ0) is 13.1. The quantitative estimate of drug-likeness (QED) is 0.809. The van der Waals surface area contributed by atoms with E-state index in [4.69, 9.17) is 4.74 Å². The molecule has 0 saturated carbocycles. The van der Waals surface area contributed by atoms with E-state index in [-0.39, 0.29) is 5.88 Å². The van der Waals surface area contributed by atoms with Crippen LogP contribution in [0.25, 0.3) is 0 Å². The van der Waals surface area contributed by atoms with Gasteiger partial charge in [0.15, 0.2) is 0 Å². The predicted molar refractivity (Wildman–Crippen MR) is 67.5 cm³/mol. The number of aromatic nitrogens is 2. The number of halogens is 1. The second-order valence-electron chi connectivity index (χ2n) is 4.73. The summed E-state index contributed by atoms with van der Waals surface area (Å²) < 4.78 is 18.2. The molecule has 1 aliphatic heterocycles. The summed E-state index contributed by atoms with van der Waals surface area (Å²) in [7, 11) is 5.55. The Labute approximate surface area is 107 Å². The molecule has 0 amide bonds. The normalized spacial score (nSPS) is 20.3. The third-order valence-corrected chi connectivity index (χ3v) is 3.30. The van der Waals surface area contributed by atoms with E-state index in [9.17, 15) is 4.39 Å². The number of nitrogens with zero attached hydrogens (tertiary/aromatic N) is 4. The molecular formula is C12H19FN4O. The Hall–Kier alpha value is -1.43. The first-order valence-corrected chi connectivity index (χ1v) is 6.09. The molecule has 6 heteroatoms. The van der Waals surface area contributed by atoms with Crippen LogP contribution in [0.5, 0.6) is 5.88 Å². The van der Waals surface area contributed by atoms with Crippen molar-refractivity contribution in [1.29, 1.82) is 0 Å². The lowest BCUT2D eigenvalue weighted by Crippen LogP contribution is -2.45. The van der Waals surface area contributed by atoms with E-state index in [1.807, 2.05) is 0 Å². The number of rotatable bonds is 3. The van der Waals surface area contributed by atoms with E-state index in [0.717, 1.165) is 19.5 Å². The molecule has 0 N–H and O–H groups in total. The molecule has 1 aliphatic rings. The van der Waals surface area contributed by atoms with Gasteiger partial charge in [-0.3, -0.25) is 0 Å². The molecule has 5 nitrogen and oxygen atoms in total. The van der Waals surface area contributed by atoms with Crippen molar-refractivity contribution in [3.63, 3.8) is 0 Å². The van der Waals surface area contributed by atoms with Gasteiger partial charge in [0.05, 0.1) is 13.3 Å². The predicted octanol–water partition coefficient (Wildman–Crippen LogP) is 1.15. The van der Waals surface area contributed by atoms with E-state index in [1.54, 1.807) is 0 Å². The maximum absolute atomic E-state index is 13.3. The van der Waals surface area contributed by atoms with Gasteiger partial charge < -0.3 is 14.5 Å². The molecule has 1 saturated heterocycles. The molecule has 1 fully saturated rings. The minimum absolute atomic E-state index is 0.00646. The molecule has 0 aliphatic carbocycles. The Morgan fingerprint density at radius 2 is 2.28 bits per heavy atom. The number of likely N-dealkylation sites (N-methyl/N-ethyl adjacent to an activating group) is 1. The maximum Gasteiger partial charge on any atom is 0.255 e. The van der Waals surface area contributed by atoms with Gasteiger partial charge in [-0.05, 0) is 26.9 Å². The fourth-order valence-electron chi connectivity index (χ4n) is 2.20. The second-order valence-corrected chi connectivity index (χ2v) is 4.73. The summed E-state index contributed by atoms with van der Waals surface area (Å²) in [6.45, 7) is 1.76. The highest BCUT2D eigenvalue weighted by atomic mass is 19.1. The molecule has 0 radical (unpaired) electrons. The van der Waals surface area contributed by atoms with Crippen LogP contribution in [-0.2, 0) is 0 Å². The summed E-state index contributed by atoms with van der Waals surface area (Å²) >= 11 is 0. The summed E-state index contributed by atoms with van der Waals surface area (Å²) in [6, 6.07) is 0.485. The Morgan fingerprint density at radius 3 is 2.94 bits per heavy atom. The highest BCUT2D eigenvalue weighted by Gasteiger charge is 2.23. The van der Waals surface area contributed by atoms with Gasteiger partial charge in [0, 0.05) is 19.1 Å². The fraction of sp³-hybridized carbons (Fsp3) is 0.667. The topological polar surface area (TPSA) is 41.5 Å². The molecule has 100 valence electrons. The molecule has 1 aromatic rings. The van der Waals surface area contributed by atoms with Crippen LogP contribution in [-0.4, -0.2) is 55.2 Å². The SMILES string of the molecule is COc1nc(N2CCCC(N(C)C)C2)ncc1F. The van der Waals surface area contributed by atoms with Crippen molar-refractivity contribution in [2.24, 2.45) is 0 Å². The molecule has 2 rings (SSSR count). The van der Waals surface area contributed by atoms with Gasteiger partial charge in [-0.25, -0.2) is 4.98 Å². The lowest BCUT2D eigenvalue weighted by molar-refractivity contribution is 0.256. The molecule has 1 unspecified atom stereocenters. The average Bonchev–Trinajstić information content (AvgIpc) is 2.39. The fourth-order valence-corrected chi connectivity index (χ4v) is 2.20. The summed E-state index contributed by atoms with van der Waals surface area (Å²) in [5, 5.41) is 0. The molecule has 18 heavy (non-hydrogen) atoms. The molecule has 1 aromatic heterocycles. The molecule has 0 bridgehead atoms. The zero-order valence-corrected chi connectivity index (χ0v) is 11.1. The van der Waals surface area contributed by atoms with Crippen LogP contribution in [0.1, 0.15) is 12.8 Å². The average molecular weight is 254 g/mol. The van der Waals surface area contributed by atoms with Gasteiger partial charge in [0.2, 0.25) is 11.8 Å². The van der Waals surface area contributed by atoms with Gasteiger partial charge in [-0.2, -0.15) is 9.37 Å². The molecular weight excluding hydrogens is 235 g/mol. The van der Waals surface area contributed by atoms with E-state index < -0.39 is 5.82 Å². The summed E-state index contributed by atoms with van der Waals surface area (Å²) in [5.74, 6) is 0.0224. The van der Waals surface area contributed by atoms with Crippen LogP contribution in [0.2, 0.25) is 0 Å². The highest BCUT2D eigenvalue weighted by molar-refractivity contribution is 5.33. The number of methoxy groups -OCH3 is 1. The van der Waals surface area contributed by atoms with E-state index in [1.165, 1.54) is 19.7 Å². The van der Waals surface area contributed by atoms with Gasteiger partial charge in [0.1, 0.15) is 0 Å². The first-order valence-electron chi connectivity index (χ1n) is 6.09. The largest absolute Gasteiger partial charge is 0.479 e. The summed E-state index contributed by atoms with van der Waals surface area (Å²) in [5.41, 5.74) is 0. The standard InChI is InChI=1S/C12H19FN4O/c1-16(2)9-5-4-6-17(8-9)12-14-7-10(13)11(15-12)18-3/h7,9H,4-6,8H2,1-3H3. The van der Waals surface area contributed by atoms with Crippen LogP contribution >= 0.6 is 0 Å². The van der Waals surface area contributed by atoms with Crippen molar-refractivity contribution in [1.82, 2.24) is 14.9 Å². The Bertz CT molecular complexity index is 413. The Morgan fingerprint density at radius 1 is 1.50 bits per heavy atom. The third kappa shape index (κ3) is 2.69. The van der Waals surface area contributed by atoms with Crippen molar-refractivity contribution in [2.75, 3.05) is 39.2 Å². The molecule has 2 heterocycles. The number of piperidine rings is 1. The van der Waals surface area contributed by atoms with Crippen molar-refractivity contribution in [2.45, 2.75) is 18.9 Å². The lowest BCUT2D eigenvalue weighted by Gasteiger charge is -2.36. The second kappa shape index (κ2) is 5.48. The summed E-state index contributed by atoms with van der Waals surface area (Å²) in [6.07, 6.45) is 3.42. The Balaban J connectivity index is 2.15. The van der Waals surface area contributed by atoms with Gasteiger partial charge >= 0.3 is 0 Å². The van der Waals surface area contributed by atoms with Gasteiger partial charge in [-0.1, -0.05) is 0 Å². The van der Waals surface area contributed by atoms with Crippen LogP contribution in [0.4, 0.5) is 10.3 Å². The maximum atomic E-state index is 13.3. The summed E-state index contributed by atoms with van der Waals surface area (Å²) in [4.78, 5) is 12.4. The van der Waals surface area contributed by atoms with E-state index in [2.05, 4.69) is 33.9 Å². The minimum atomic E-state index is -0.526. The Kier molecular flexibility index (Phi) is 3.96. The highest BCUT2D eigenvalue weighted by Crippen LogP contribution is 2.21. The monoisotopic (exact) mass is 254 g/mol. The van der Waals surface area contributed by atoms with Gasteiger partial charge in [-0.15, -0.1) is 0 Å². The van der Waals surface area contributed by atoms with Crippen LogP contribution in [0.3, 0.4) is 0 Å². The van der Waals surface area contributed by atoms with Crippen LogP contribution in [0, 0.1) is 5.82 Å². The first kappa shape index (κ1) is 13.0. The third-order valence-electron chi connectivity index (χ3n) is 3.30. The van der Waals surface area contributed by atoms with E-state index >= 15 is 0 Å². The number of hydrogen-bond donors (Lipinski definition) is 0. The van der Waals surface area contributed by atoms with Crippen LogP contribution in [0.15, 0.2) is 6.20 Å². The molecule has 0 spiro atoms. The van der Waals surface area contributed by atoms with Gasteiger partial charge in [0.25, 0.3) is 5.88 Å². The number of hydrogen-bond acceptors (Lipinski definition) is 5. The molecule has 1 atom stereocenters. The van der Waals surface area contributed by atoms with Crippen molar-refractivity contribution in [3.05, 3.63) is 12.0 Å². The minimum Gasteiger partial charge on any atom is -0.479 e. The number of anilines is 1. The van der Waals surface area contributed by atoms with Crippen molar-refractivity contribution in [3.8, 4) is 5.88 Å². The van der Waals surface area contributed by atoms with Crippen LogP contribution < -0.4 is 9.64 Å². The van der Waals surface area contributed by atoms with Crippen molar-refractivity contribution >= 4 is 5.95 Å². The van der Waals surface area contributed by atoms with E-state index in [0.29, 0.717) is 12.0 Å². The lowest BCUT2D eigenvalue weighted by atomic mass is 10.1.